The van der Waals surface area contributed by atoms with Gasteiger partial charge in [0.2, 0.25) is 0 Å². The number of Topliss-reactive ketones (excluding diaryl/α,β-unsaturated/α-hetero) is 1. The number of alkyl halides is 6. The molecular formula is C23H18F6O4. The quantitative estimate of drug-likeness (QED) is 0.371. The van der Waals surface area contributed by atoms with Crippen molar-refractivity contribution in [3.63, 3.8) is 0 Å². The summed E-state index contributed by atoms with van der Waals surface area (Å²) < 4.78 is 91.7. The van der Waals surface area contributed by atoms with Gasteiger partial charge in [0.1, 0.15) is 17.1 Å². The lowest BCUT2D eigenvalue weighted by atomic mass is 9.54. The monoisotopic (exact) mass is 472 g/mol. The molecule has 0 bridgehead atoms. The summed E-state index contributed by atoms with van der Waals surface area (Å²) in [6.07, 6.45) is -13.4. The fourth-order valence-electron chi connectivity index (χ4n) is 4.30. The van der Waals surface area contributed by atoms with E-state index in [9.17, 15) is 41.0 Å². The van der Waals surface area contributed by atoms with Crippen molar-refractivity contribution < 1.29 is 40.7 Å². The third kappa shape index (κ3) is 3.57. The van der Waals surface area contributed by atoms with Crippen LogP contribution in [-0.2, 0) is 10.2 Å². The van der Waals surface area contributed by atoms with Gasteiger partial charge in [-0.15, -0.1) is 0 Å². The second-order valence-corrected chi connectivity index (χ2v) is 7.88. The van der Waals surface area contributed by atoms with Gasteiger partial charge in [-0.2, -0.15) is 26.3 Å². The SMILES string of the molecule is CC(=O)CC(c1ccccc1)(c1c(O)c2ccccc2oc1=O)C(C)(C(F)(F)F)C(F)(F)F. The molecule has 0 spiro atoms. The van der Waals surface area contributed by atoms with Crippen molar-refractivity contribution >= 4 is 16.8 Å². The first-order chi connectivity index (χ1) is 15.2. The first kappa shape index (κ1) is 24.3. The number of halogens is 6. The van der Waals surface area contributed by atoms with E-state index in [1.807, 2.05) is 0 Å². The van der Waals surface area contributed by atoms with Crippen LogP contribution in [-0.4, -0.2) is 23.2 Å². The molecule has 1 atom stereocenters. The van der Waals surface area contributed by atoms with E-state index >= 15 is 0 Å². The van der Waals surface area contributed by atoms with Gasteiger partial charge in [0.25, 0.3) is 0 Å². The zero-order valence-corrected chi connectivity index (χ0v) is 17.3. The van der Waals surface area contributed by atoms with Crippen LogP contribution in [0.3, 0.4) is 0 Å². The molecule has 0 aliphatic rings. The summed E-state index contributed by atoms with van der Waals surface area (Å²) in [6, 6.07) is 10.8. The maximum atomic E-state index is 14.4. The number of hydrogen-bond acceptors (Lipinski definition) is 4. The van der Waals surface area contributed by atoms with Gasteiger partial charge in [0, 0.05) is 6.42 Å². The normalized spacial score (nSPS) is 14.8. The highest BCUT2D eigenvalue weighted by Crippen LogP contribution is 2.65. The summed E-state index contributed by atoms with van der Waals surface area (Å²) in [6.45, 7) is 0.696. The number of hydrogen-bond donors (Lipinski definition) is 1. The molecule has 0 fully saturated rings. The van der Waals surface area contributed by atoms with Crippen molar-refractivity contribution in [2.45, 2.75) is 38.0 Å². The van der Waals surface area contributed by atoms with Gasteiger partial charge in [-0.3, -0.25) is 4.79 Å². The van der Waals surface area contributed by atoms with Gasteiger partial charge in [-0.05, 0) is 31.5 Å². The largest absolute Gasteiger partial charge is 0.507 e. The molecular weight excluding hydrogens is 454 g/mol. The second kappa shape index (κ2) is 7.93. The predicted molar refractivity (Wildman–Crippen MR) is 107 cm³/mol. The van der Waals surface area contributed by atoms with Gasteiger partial charge in [-0.1, -0.05) is 42.5 Å². The maximum absolute atomic E-state index is 14.4. The number of ketones is 1. The molecule has 33 heavy (non-hydrogen) atoms. The Balaban J connectivity index is 2.69. The van der Waals surface area contributed by atoms with Crippen molar-refractivity contribution in [3.8, 4) is 5.75 Å². The molecule has 0 saturated heterocycles. The average molecular weight is 472 g/mol. The van der Waals surface area contributed by atoms with E-state index in [1.165, 1.54) is 42.5 Å². The number of benzene rings is 2. The zero-order valence-electron chi connectivity index (χ0n) is 17.3. The van der Waals surface area contributed by atoms with Crippen LogP contribution < -0.4 is 5.63 Å². The minimum atomic E-state index is -6.00. The minimum Gasteiger partial charge on any atom is -0.507 e. The third-order valence-electron chi connectivity index (χ3n) is 5.98. The van der Waals surface area contributed by atoms with Crippen molar-refractivity contribution in [3.05, 3.63) is 76.1 Å². The molecule has 1 heterocycles. The van der Waals surface area contributed by atoms with E-state index in [-0.39, 0.29) is 17.9 Å². The van der Waals surface area contributed by atoms with Crippen LogP contribution in [0.2, 0.25) is 0 Å². The highest BCUT2D eigenvalue weighted by atomic mass is 19.4. The van der Waals surface area contributed by atoms with E-state index in [4.69, 9.17) is 4.42 Å². The maximum Gasteiger partial charge on any atom is 0.404 e. The van der Waals surface area contributed by atoms with E-state index in [1.54, 1.807) is 0 Å². The van der Waals surface area contributed by atoms with Crippen molar-refractivity contribution in [1.82, 2.24) is 0 Å². The second-order valence-electron chi connectivity index (χ2n) is 7.88. The number of aromatic hydroxyl groups is 1. The molecule has 4 nitrogen and oxygen atoms in total. The van der Waals surface area contributed by atoms with Crippen LogP contribution in [0.25, 0.3) is 11.0 Å². The van der Waals surface area contributed by atoms with Gasteiger partial charge in [0.15, 0.2) is 5.41 Å². The van der Waals surface area contributed by atoms with Crippen LogP contribution in [0.15, 0.2) is 63.8 Å². The number of carbonyl (C=O) groups excluding carboxylic acids is 1. The van der Waals surface area contributed by atoms with Gasteiger partial charge in [-0.25, -0.2) is 4.79 Å². The minimum absolute atomic E-state index is 0.114. The summed E-state index contributed by atoms with van der Waals surface area (Å²) in [4.78, 5) is 25.2. The highest BCUT2D eigenvalue weighted by molar-refractivity contribution is 5.86. The molecule has 2 aromatic carbocycles. The molecule has 0 amide bonds. The summed E-state index contributed by atoms with van der Waals surface area (Å²) >= 11 is 0. The Kier molecular flexibility index (Phi) is 5.85. The van der Waals surface area contributed by atoms with Crippen LogP contribution >= 0.6 is 0 Å². The first-order valence-corrected chi connectivity index (χ1v) is 9.62. The molecule has 3 aromatic rings. The Bertz CT molecular complexity index is 1230. The Labute approximate surface area is 183 Å². The number of carbonyl (C=O) groups is 1. The smallest absolute Gasteiger partial charge is 0.404 e. The summed E-state index contributed by atoms with van der Waals surface area (Å²) in [5, 5.41) is 10.7. The fraction of sp³-hybridized carbons (Fsp3) is 0.304. The van der Waals surface area contributed by atoms with Crippen molar-refractivity contribution in [1.29, 1.82) is 0 Å². The number of para-hydroxylation sites is 1. The lowest BCUT2D eigenvalue weighted by molar-refractivity contribution is -0.353. The molecule has 0 saturated carbocycles. The molecule has 1 unspecified atom stereocenters. The van der Waals surface area contributed by atoms with E-state index in [0.29, 0.717) is 0 Å². The van der Waals surface area contributed by atoms with Gasteiger partial charge in [0.05, 0.1) is 16.4 Å². The van der Waals surface area contributed by atoms with Crippen LogP contribution in [0.1, 0.15) is 31.4 Å². The topological polar surface area (TPSA) is 67.5 Å². The standard InChI is InChI=1S/C23H18F6O4/c1-13(30)12-21(14-8-4-3-5-9-14,20(2,22(24,25)26)23(27,28)29)17-18(31)15-10-6-7-11-16(15)33-19(17)32/h3-11,31H,12H2,1-2H3. The molecule has 3 rings (SSSR count). The van der Waals surface area contributed by atoms with Gasteiger partial charge >= 0.3 is 18.0 Å². The van der Waals surface area contributed by atoms with E-state index in [0.717, 1.165) is 19.1 Å². The third-order valence-corrected chi connectivity index (χ3v) is 5.98. The Morgan fingerprint density at radius 2 is 1.42 bits per heavy atom. The predicted octanol–water partition coefficient (Wildman–Crippen LogP) is 5.89. The molecule has 1 N–H and O–H groups in total. The molecule has 176 valence electrons. The Morgan fingerprint density at radius 1 is 0.909 bits per heavy atom. The summed E-state index contributed by atoms with van der Waals surface area (Å²) in [5.74, 6) is -2.18. The molecule has 1 aromatic heterocycles. The highest BCUT2D eigenvalue weighted by Gasteiger charge is 2.78. The summed E-state index contributed by atoms with van der Waals surface area (Å²) in [5.41, 5.74) is -11.8. The zero-order chi connectivity index (χ0) is 24.8. The average Bonchev–Trinajstić information content (AvgIpc) is 2.71. The molecule has 10 heteroatoms. The van der Waals surface area contributed by atoms with Gasteiger partial charge < -0.3 is 9.52 Å². The number of rotatable bonds is 5. The van der Waals surface area contributed by atoms with E-state index < -0.39 is 57.9 Å². The number of fused-ring (bicyclic) bond motifs is 1. The first-order valence-electron chi connectivity index (χ1n) is 9.62. The fourth-order valence-corrected chi connectivity index (χ4v) is 4.30. The van der Waals surface area contributed by atoms with Crippen molar-refractivity contribution in [2.75, 3.05) is 0 Å². The lowest BCUT2D eigenvalue weighted by Crippen LogP contribution is -2.63. The molecule has 0 aliphatic carbocycles. The Morgan fingerprint density at radius 3 is 1.94 bits per heavy atom. The molecule has 0 aliphatic heterocycles. The molecule has 0 radical (unpaired) electrons. The van der Waals surface area contributed by atoms with Crippen LogP contribution in [0.4, 0.5) is 26.3 Å². The van der Waals surface area contributed by atoms with Crippen LogP contribution in [0, 0.1) is 5.41 Å². The Hall–Kier alpha value is -3.30. The van der Waals surface area contributed by atoms with Crippen molar-refractivity contribution in [2.24, 2.45) is 5.41 Å². The lowest BCUT2D eigenvalue weighted by Gasteiger charge is -2.49. The van der Waals surface area contributed by atoms with E-state index in [2.05, 4.69) is 0 Å². The summed E-state index contributed by atoms with van der Waals surface area (Å²) in [7, 11) is 0. The van der Waals surface area contributed by atoms with Crippen LogP contribution in [0.5, 0.6) is 5.75 Å².